The molecule has 248 valence electrons. The molecule has 3 aromatic carbocycles. The molecule has 48 heavy (non-hydrogen) atoms. The van der Waals surface area contributed by atoms with Crippen molar-refractivity contribution in [2.75, 3.05) is 26.9 Å². The van der Waals surface area contributed by atoms with Gasteiger partial charge in [-0.05, 0) is 56.2 Å². The van der Waals surface area contributed by atoms with Gasteiger partial charge in [-0.15, -0.1) is 0 Å². The van der Waals surface area contributed by atoms with Gasteiger partial charge in [0.25, 0.3) is 5.56 Å². The molecular formula is C37H35Cl2N3O5S. The Labute approximate surface area is 292 Å². The summed E-state index contributed by atoms with van der Waals surface area (Å²) in [6, 6.07) is 20.4. The van der Waals surface area contributed by atoms with E-state index >= 15 is 0 Å². The van der Waals surface area contributed by atoms with E-state index in [0.29, 0.717) is 49.5 Å². The number of aromatic nitrogens is 2. The number of para-hydroxylation sites is 2. The minimum atomic E-state index is -0.802. The van der Waals surface area contributed by atoms with E-state index in [0.717, 1.165) is 34.1 Å². The third-order valence-corrected chi connectivity index (χ3v) is 10.0. The van der Waals surface area contributed by atoms with Crippen molar-refractivity contribution in [3.05, 3.63) is 130 Å². The third kappa shape index (κ3) is 6.48. The number of nitrogens with zero attached hydrogens (tertiary/aromatic N) is 3. The minimum Gasteiger partial charge on any atom is -0.493 e. The Balaban J connectivity index is 1.52. The van der Waals surface area contributed by atoms with Crippen molar-refractivity contribution < 1.29 is 19.0 Å². The number of hydrogen-bond acceptors (Lipinski definition) is 7. The zero-order valence-corrected chi connectivity index (χ0v) is 29.4. The topological polar surface area (TPSA) is 84.1 Å². The summed E-state index contributed by atoms with van der Waals surface area (Å²) >= 11 is 13.8. The lowest BCUT2D eigenvalue weighted by molar-refractivity contribution is -0.140. The zero-order valence-electron chi connectivity index (χ0n) is 27.1. The van der Waals surface area contributed by atoms with Crippen molar-refractivity contribution in [2.24, 2.45) is 4.99 Å². The van der Waals surface area contributed by atoms with Gasteiger partial charge in [-0.1, -0.05) is 83.9 Å². The lowest BCUT2D eigenvalue weighted by Gasteiger charge is -2.26. The van der Waals surface area contributed by atoms with Crippen LogP contribution in [0.5, 0.6) is 5.75 Å². The van der Waals surface area contributed by atoms with Gasteiger partial charge in [0.15, 0.2) is 4.80 Å². The standard InChI is InChI=1S/C37H35Cl2N3O5S/c1-5-16-46-31-13-9-7-11-26(31)34-33(36(44)47-18-17-45-4)22(2)40-37-42(34)35(43)32(48-37)20-27-23(3)41(30-12-8-6-10-25(27)30)21-24-14-15-28(38)29(39)19-24/h6-15,19-20,34H,5,16-18,21H2,1-4H3/b32-20+/t34-/m0/s1. The lowest BCUT2D eigenvalue weighted by Crippen LogP contribution is -2.40. The molecule has 0 amide bonds. The number of allylic oxidation sites excluding steroid dienone is 1. The molecule has 0 N–H and O–H groups in total. The van der Waals surface area contributed by atoms with Gasteiger partial charge in [0.05, 0.1) is 39.1 Å². The Bertz CT molecular complexity index is 2230. The van der Waals surface area contributed by atoms with Crippen molar-refractivity contribution in [1.29, 1.82) is 0 Å². The molecule has 0 bridgehead atoms. The number of rotatable bonds is 11. The smallest absolute Gasteiger partial charge is 0.338 e. The molecule has 11 heteroatoms. The van der Waals surface area contributed by atoms with Crippen LogP contribution in [0.4, 0.5) is 0 Å². The fourth-order valence-corrected chi connectivity index (χ4v) is 7.37. The van der Waals surface area contributed by atoms with Crippen LogP contribution in [-0.2, 0) is 20.8 Å². The number of hydrogen-bond donors (Lipinski definition) is 0. The van der Waals surface area contributed by atoms with Crippen LogP contribution in [-0.4, -0.2) is 42.0 Å². The molecule has 0 saturated heterocycles. The Hall–Kier alpha value is -4.15. The first-order chi connectivity index (χ1) is 23.2. The predicted octanol–water partition coefficient (Wildman–Crippen LogP) is 6.83. The third-order valence-electron chi connectivity index (χ3n) is 8.32. The molecule has 1 aliphatic heterocycles. The summed E-state index contributed by atoms with van der Waals surface area (Å²) in [6.07, 6.45) is 2.73. The largest absolute Gasteiger partial charge is 0.493 e. The molecular weight excluding hydrogens is 669 g/mol. The van der Waals surface area contributed by atoms with Crippen molar-refractivity contribution in [1.82, 2.24) is 9.13 Å². The molecule has 8 nitrogen and oxygen atoms in total. The summed E-state index contributed by atoms with van der Waals surface area (Å²) in [5, 5.41) is 2.01. The molecule has 0 spiro atoms. The summed E-state index contributed by atoms with van der Waals surface area (Å²) < 4.78 is 21.1. The van der Waals surface area contributed by atoms with Crippen LogP contribution < -0.4 is 19.6 Å². The Morgan fingerprint density at radius 3 is 2.54 bits per heavy atom. The van der Waals surface area contributed by atoms with Crippen LogP contribution in [0.15, 0.2) is 87.8 Å². The number of halogens is 2. The summed E-state index contributed by atoms with van der Waals surface area (Å²) in [4.78, 5) is 33.4. The number of carbonyl (C=O) groups is 1. The van der Waals surface area contributed by atoms with Gasteiger partial charge in [-0.3, -0.25) is 9.36 Å². The van der Waals surface area contributed by atoms with Gasteiger partial charge >= 0.3 is 5.97 Å². The van der Waals surface area contributed by atoms with Crippen LogP contribution in [0.25, 0.3) is 17.0 Å². The van der Waals surface area contributed by atoms with Gasteiger partial charge in [0.1, 0.15) is 18.4 Å². The van der Waals surface area contributed by atoms with Gasteiger partial charge in [0.2, 0.25) is 0 Å². The average Bonchev–Trinajstić information content (AvgIpc) is 3.53. The van der Waals surface area contributed by atoms with Crippen molar-refractivity contribution in [2.45, 2.75) is 39.8 Å². The van der Waals surface area contributed by atoms with Gasteiger partial charge in [-0.2, -0.15) is 0 Å². The second kappa shape index (κ2) is 14.5. The highest BCUT2D eigenvalue weighted by Gasteiger charge is 2.35. The summed E-state index contributed by atoms with van der Waals surface area (Å²) in [6.45, 7) is 7.22. The van der Waals surface area contributed by atoms with Gasteiger partial charge in [0, 0.05) is 41.4 Å². The molecule has 1 aliphatic rings. The number of fused-ring (bicyclic) bond motifs is 2. The molecule has 0 saturated carbocycles. The highest BCUT2D eigenvalue weighted by atomic mass is 35.5. The van der Waals surface area contributed by atoms with Crippen molar-refractivity contribution in [3.8, 4) is 5.75 Å². The lowest BCUT2D eigenvalue weighted by atomic mass is 9.95. The molecule has 2 aromatic heterocycles. The van der Waals surface area contributed by atoms with E-state index in [4.69, 9.17) is 42.4 Å². The number of methoxy groups -OCH3 is 1. The first kappa shape index (κ1) is 33.7. The first-order valence-electron chi connectivity index (χ1n) is 15.7. The molecule has 1 atom stereocenters. The normalized spacial score (nSPS) is 14.7. The molecule has 6 rings (SSSR count). The fourth-order valence-electron chi connectivity index (χ4n) is 6.02. The molecule has 0 aliphatic carbocycles. The number of ether oxygens (including phenoxy) is 3. The van der Waals surface area contributed by atoms with E-state index in [1.54, 1.807) is 24.7 Å². The number of carbonyl (C=O) groups excluding carboxylic acids is 1. The second-order valence-electron chi connectivity index (χ2n) is 11.4. The van der Waals surface area contributed by atoms with E-state index in [2.05, 4.69) is 16.7 Å². The van der Waals surface area contributed by atoms with Crippen molar-refractivity contribution >= 4 is 57.5 Å². The maximum Gasteiger partial charge on any atom is 0.338 e. The Morgan fingerprint density at radius 1 is 1.00 bits per heavy atom. The molecule has 0 fully saturated rings. The van der Waals surface area contributed by atoms with Crippen molar-refractivity contribution in [3.63, 3.8) is 0 Å². The van der Waals surface area contributed by atoms with Gasteiger partial charge in [-0.25, -0.2) is 9.79 Å². The summed E-state index contributed by atoms with van der Waals surface area (Å²) in [7, 11) is 1.54. The maximum atomic E-state index is 14.5. The fraction of sp³-hybridized carbons (Fsp3) is 0.270. The van der Waals surface area contributed by atoms with Gasteiger partial charge < -0.3 is 18.8 Å². The quantitative estimate of drug-likeness (QED) is 0.111. The van der Waals surface area contributed by atoms with E-state index in [1.807, 2.05) is 68.5 Å². The van der Waals surface area contributed by atoms with E-state index in [1.165, 1.54) is 11.3 Å². The molecule has 5 aromatic rings. The Morgan fingerprint density at radius 2 is 1.77 bits per heavy atom. The van der Waals surface area contributed by atoms with Crippen LogP contribution in [0.3, 0.4) is 0 Å². The van der Waals surface area contributed by atoms with Crippen LogP contribution >= 0.6 is 34.5 Å². The van der Waals surface area contributed by atoms with Crippen LogP contribution in [0.2, 0.25) is 10.0 Å². The maximum absolute atomic E-state index is 14.5. The van der Waals surface area contributed by atoms with Crippen LogP contribution in [0.1, 0.15) is 48.7 Å². The summed E-state index contributed by atoms with van der Waals surface area (Å²) in [5.41, 5.74) is 5.13. The second-order valence-corrected chi connectivity index (χ2v) is 13.3. The van der Waals surface area contributed by atoms with Crippen LogP contribution in [0, 0.1) is 6.92 Å². The van der Waals surface area contributed by atoms with E-state index in [9.17, 15) is 9.59 Å². The number of thiazole rings is 1. The first-order valence-corrected chi connectivity index (χ1v) is 17.2. The Kier molecular flexibility index (Phi) is 10.2. The highest BCUT2D eigenvalue weighted by molar-refractivity contribution is 7.07. The summed E-state index contributed by atoms with van der Waals surface area (Å²) in [5.74, 6) is 0.0381. The van der Waals surface area contributed by atoms with E-state index in [-0.39, 0.29) is 24.3 Å². The number of esters is 1. The number of benzene rings is 3. The van der Waals surface area contributed by atoms with E-state index < -0.39 is 12.0 Å². The minimum absolute atomic E-state index is 0.0722. The predicted molar refractivity (Wildman–Crippen MR) is 191 cm³/mol. The molecule has 0 unspecified atom stereocenters. The SMILES string of the molecule is CCCOc1ccccc1[C@H]1C(C(=O)OCCOC)=C(C)N=c2s/c(=C/c3c(C)n(Cc4ccc(Cl)c(Cl)c4)c4ccccc34)c(=O)n21. The highest BCUT2D eigenvalue weighted by Crippen LogP contribution is 2.36. The monoisotopic (exact) mass is 703 g/mol. The zero-order chi connectivity index (χ0) is 33.9. The molecule has 0 radical (unpaired) electrons. The molecule has 3 heterocycles. The average molecular weight is 705 g/mol.